The second-order valence-electron chi connectivity index (χ2n) is 10.0. The third-order valence-electron chi connectivity index (χ3n) is 7.65. The Hall–Kier alpha value is -3.90. The topological polar surface area (TPSA) is 75.7 Å². The van der Waals surface area contributed by atoms with Crippen LogP contribution in [-0.2, 0) is 43.6 Å². The summed E-state index contributed by atoms with van der Waals surface area (Å²) in [5, 5.41) is 3.19. The lowest BCUT2D eigenvalue weighted by molar-refractivity contribution is -0.148. The fourth-order valence-electron chi connectivity index (χ4n) is 5.80. The SMILES string of the molecule is COC(=O)[C@@H]1NC(c2cccc(C(F)(F)F)c2)(c2cccc(C(F)(F)F)c2)[C@@H]2C(=O)N(Cc3ccc(Cl)cc3)C(=O)[C@H]21. The number of carbonyl (C=O) groups excluding carboxylic acids is 3. The largest absolute Gasteiger partial charge is 0.468 e. The van der Waals surface area contributed by atoms with Crippen LogP contribution >= 0.6 is 11.6 Å². The molecule has 42 heavy (non-hydrogen) atoms. The number of methoxy groups -OCH3 is 1. The summed E-state index contributed by atoms with van der Waals surface area (Å²) in [6.45, 7) is -0.267. The number of esters is 1. The molecule has 3 atom stereocenters. The number of carbonyl (C=O) groups is 3. The average molecular weight is 611 g/mol. The Morgan fingerprint density at radius 1 is 0.881 bits per heavy atom. The lowest BCUT2D eigenvalue weighted by atomic mass is 9.71. The summed E-state index contributed by atoms with van der Waals surface area (Å²) in [5.41, 5.74) is -4.47. The fraction of sp³-hybridized carbons (Fsp3) is 0.276. The van der Waals surface area contributed by atoms with Gasteiger partial charge in [0.25, 0.3) is 0 Å². The molecule has 2 aliphatic heterocycles. The van der Waals surface area contributed by atoms with Crippen LogP contribution in [0.2, 0.25) is 5.02 Å². The summed E-state index contributed by atoms with van der Waals surface area (Å²) < 4.78 is 87.8. The van der Waals surface area contributed by atoms with E-state index in [2.05, 4.69) is 5.32 Å². The van der Waals surface area contributed by atoms with E-state index < -0.39 is 64.7 Å². The maximum Gasteiger partial charge on any atom is 0.416 e. The molecule has 0 spiro atoms. The first-order valence-electron chi connectivity index (χ1n) is 12.5. The van der Waals surface area contributed by atoms with Crippen LogP contribution in [0.5, 0.6) is 0 Å². The third kappa shape index (κ3) is 4.92. The van der Waals surface area contributed by atoms with Gasteiger partial charge in [-0.05, 0) is 53.1 Å². The number of benzene rings is 3. The van der Waals surface area contributed by atoms with Crippen molar-refractivity contribution in [3.63, 3.8) is 0 Å². The maximum absolute atomic E-state index is 14.1. The standard InChI is InChI=1S/C29H21ClF6N2O4/c1-42-26(41)23-21-22(25(40)38(24(21)39)14-15-8-10-20(30)11-9-15)27(37-23,16-4-2-6-18(12-16)28(31,32)33)17-5-3-7-19(13-17)29(34,35)36/h2-13,21-23,37H,14H2,1H3/t21-,22+,23-/m1/s1. The number of fused-ring (bicyclic) bond motifs is 1. The molecule has 13 heteroatoms. The first-order valence-corrected chi connectivity index (χ1v) is 12.9. The van der Waals surface area contributed by atoms with E-state index in [1.54, 1.807) is 12.1 Å². The number of ether oxygens (including phenoxy) is 1. The third-order valence-corrected chi connectivity index (χ3v) is 7.90. The Morgan fingerprint density at radius 2 is 1.40 bits per heavy atom. The van der Waals surface area contributed by atoms with Crippen LogP contribution in [0.1, 0.15) is 27.8 Å². The molecule has 220 valence electrons. The molecule has 2 amide bonds. The van der Waals surface area contributed by atoms with E-state index in [9.17, 15) is 40.7 Å². The number of alkyl halides is 6. The molecule has 0 aliphatic carbocycles. The Morgan fingerprint density at radius 3 is 1.88 bits per heavy atom. The van der Waals surface area contributed by atoms with Gasteiger partial charge in [0, 0.05) is 5.02 Å². The normalized spacial score (nSPS) is 21.9. The van der Waals surface area contributed by atoms with Crippen molar-refractivity contribution in [2.75, 3.05) is 7.11 Å². The molecule has 0 radical (unpaired) electrons. The highest BCUT2D eigenvalue weighted by molar-refractivity contribution is 6.30. The van der Waals surface area contributed by atoms with Crippen LogP contribution in [0, 0.1) is 11.8 Å². The molecule has 6 nitrogen and oxygen atoms in total. The highest BCUT2D eigenvalue weighted by atomic mass is 35.5. The van der Waals surface area contributed by atoms with Crippen LogP contribution in [0.15, 0.2) is 72.8 Å². The van der Waals surface area contributed by atoms with E-state index in [1.165, 1.54) is 24.3 Å². The van der Waals surface area contributed by atoms with Gasteiger partial charge in [0.2, 0.25) is 11.8 Å². The molecule has 3 aromatic carbocycles. The Labute approximate surface area is 240 Å². The van der Waals surface area contributed by atoms with Crippen LogP contribution < -0.4 is 5.32 Å². The maximum atomic E-state index is 14.1. The van der Waals surface area contributed by atoms with Gasteiger partial charge < -0.3 is 4.74 Å². The summed E-state index contributed by atoms with van der Waals surface area (Å²) in [4.78, 5) is 41.7. The number of imide groups is 1. The minimum absolute atomic E-state index is 0.257. The fourth-order valence-corrected chi connectivity index (χ4v) is 5.93. The van der Waals surface area contributed by atoms with E-state index in [0.29, 0.717) is 22.7 Å². The quantitative estimate of drug-likeness (QED) is 0.232. The molecular formula is C29H21ClF6N2O4. The molecule has 5 rings (SSSR count). The van der Waals surface area contributed by atoms with Crippen LogP contribution in [0.25, 0.3) is 0 Å². The number of likely N-dealkylation sites (tertiary alicyclic amines) is 1. The van der Waals surface area contributed by atoms with Gasteiger partial charge >= 0.3 is 18.3 Å². The monoisotopic (exact) mass is 610 g/mol. The second kappa shape index (κ2) is 10.4. The van der Waals surface area contributed by atoms with Crippen molar-refractivity contribution < 1.29 is 45.5 Å². The number of hydrogen-bond donors (Lipinski definition) is 1. The first kappa shape index (κ1) is 29.6. The number of nitrogens with zero attached hydrogens (tertiary/aromatic N) is 1. The van der Waals surface area contributed by atoms with E-state index in [-0.39, 0.29) is 17.7 Å². The van der Waals surface area contributed by atoms with Gasteiger partial charge in [-0.1, -0.05) is 48.0 Å². The van der Waals surface area contributed by atoms with Gasteiger partial charge in [-0.25, -0.2) is 0 Å². The van der Waals surface area contributed by atoms with Crippen molar-refractivity contribution in [3.05, 3.63) is 106 Å². The van der Waals surface area contributed by atoms with E-state index >= 15 is 0 Å². The van der Waals surface area contributed by atoms with Crippen LogP contribution in [0.4, 0.5) is 26.3 Å². The van der Waals surface area contributed by atoms with Crippen molar-refractivity contribution in [3.8, 4) is 0 Å². The Balaban J connectivity index is 1.76. The highest BCUT2D eigenvalue weighted by Gasteiger charge is 2.68. The Bertz CT molecular complexity index is 1500. The number of hydrogen-bond acceptors (Lipinski definition) is 5. The number of rotatable bonds is 5. The highest BCUT2D eigenvalue weighted by Crippen LogP contribution is 2.53. The van der Waals surface area contributed by atoms with Crippen LogP contribution in [-0.4, -0.2) is 35.8 Å². The first-order chi connectivity index (χ1) is 19.7. The summed E-state index contributed by atoms with van der Waals surface area (Å²) in [6.07, 6.45) is -9.69. The van der Waals surface area contributed by atoms with Gasteiger partial charge in [-0.3, -0.25) is 24.6 Å². The van der Waals surface area contributed by atoms with E-state index in [4.69, 9.17) is 16.3 Å². The summed E-state index contributed by atoms with van der Waals surface area (Å²) in [7, 11) is 1.01. The molecule has 2 saturated heterocycles. The second-order valence-corrected chi connectivity index (χ2v) is 10.4. The zero-order valence-corrected chi connectivity index (χ0v) is 22.3. The number of nitrogens with one attached hydrogen (secondary N) is 1. The minimum Gasteiger partial charge on any atom is -0.468 e. The molecule has 0 aromatic heterocycles. The number of amides is 2. The smallest absolute Gasteiger partial charge is 0.416 e. The van der Waals surface area contributed by atoms with Gasteiger partial charge in [-0.2, -0.15) is 26.3 Å². The summed E-state index contributed by atoms with van der Waals surface area (Å²) in [5.74, 6) is -5.83. The summed E-state index contributed by atoms with van der Waals surface area (Å²) >= 11 is 5.93. The van der Waals surface area contributed by atoms with Gasteiger partial charge in [-0.15, -0.1) is 0 Å². The molecule has 0 saturated carbocycles. The van der Waals surface area contributed by atoms with Gasteiger partial charge in [0.05, 0.1) is 42.2 Å². The minimum atomic E-state index is -4.85. The van der Waals surface area contributed by atoms with Crippen molar-refractivity contribution in [2.45, 2.75) is 30.5 Å². The van der Waals surface area contributed by atoms with Crippen molar-refractivity contribution >= 4 is 29.4 Å². The van der Waals surface area contributed by atoms with Crippen molar-refractivity contribution in [2.24, 2.45) is 11.8 Å². The zero-order valence-electron chi connectivity index (χ0n) is 21.6. The molecule has 2 heterocycles. The predicted octanol–water partition coefficient (Wildman–Crippen LogP) is 5.57. The van der Waals surface area contributed by atoms with E-state index in [0.717, 1.165) is 36.3 Å². The predicted molar refractivity (Wildman–Crippen MR) is 137 cm³/mol. The average Bonchev–Trinajstić information content (AvgIpc) is 3.43. The van der Waals surface area contributed by atoms with E-state index in [1.807, 2.05) is 0 Å². The molecular weight excluding hydrogens is 590 g/mol. The lowest BCUT2D eigenvalue weighted by Crippen LogP contribution is -2.51. The van der Waals surface area contributed by atoms with Crippen molar-refractivity contribution in [1.29, 1.82) is 0 Å². The Kier molecular flexibility index (Phi) is 7.34. The molecule has 1 N–H and O–H groups in total. The van der Waals surface area contributed by atoms with Crippen LogP contribution in [0.3, 0.4) is 0 Å². The zero-order chi connectivity index (χ0) is 30.6. The van der Waals surface area contributed by atoms with Gasteiger partial charge in [0.1, 0.15) is 6.04 Å². The molecule has 0 bridgehead atoms. The molecule has 0 unspecified atom stereocenters. The molecule has 3 aromatic rings. The molecule has 2 aliphatic rings. The molecule has 2 fully saturated rings. The number of halogens is 7. The summed E-state index contributed by atoms with van der Waals surface area (Å²) in [6, 6.07) is 12.0. The lowest BCUT2D eigenvalue weighted by Gasteiger charge is -2.37. The van der Waals surface area contributed by atoms with Crippen molar-refractivity contribution in [1.82, 2.24) is 10.2 Å². The van der Waals surface area contributed by atoms with Gasteiger partial charge in [0.15, 0.2) is 0 Å².